The average molecular weight is 474 g/mol. The van der Waals surface area contributed by atoms with E-state index in [1.54, 1.807) is 37.4 Å². The molecule has 0 aromatic heterocycles. The first-order chi connectivity index (χ1) is 16.0. The molecule has 4 nitrogen and oxygen atoms in total. The van der Waals surface area contributed by atoms with E-state index in [9.17, 15) is 26.3 Å². The highest BCUT2D eigenvalue weighted by molar-refractivity contribution is 6.50. The monoisotopic (exact) mass is 474 g/mol. The van der Waals surface area contributed by atoms with Crippen molar-refractivity contribution in [2.75, 3.05) is 7.05 Å². The summed E-state index contributed by atoms with van der Waals surface area (Å²) in [7, 11) is 1.60. The van der Waals surface area contributed by atoms with Crippen LogP contribution in [0, 0.1) is 0 Å². The van der Waals surface area contributed by atoms with Crippen molar-refractivity contribution < 1.29 is 26.3 Å². The van der Waals surface area contributed by atoms with Crippen LogP contribution in [0.15, 0.2) is 93.8 Å². The lowest BCUT2D eigenvalue weighted by atomic mass is 10.2. The zero-order chi connectivity index (χ0) is 24.5. The highest BCUT2D eigenvalue weighted by atomic mass is 19.4. The lowest BCUT2D eigenvalue weighted by molar-refractivity contribution is -0.138. The Balaban J connectivity index is 1.83. The number of hydrogen-bond donors (Lipinski definition) is 0. The van der Waals surface area contributed by atoms with Crippen molar-refractivity contribution in [1.82, 2.24) is 4.90 Å². The van der Waals surface area contributed by atoms with E-state index in [0.29, 0.717) is 11.4 Å². The molecule has 1 aliphatic rings. The zero-order valence-corrected chi connectivity index (χ0v) is 17.6. The Kier molecular flexibility index (Phi) is 5.99. The Bertz CT molecular complexity index is 1290. The van der Waals surface area contributed by atoms with Crippen molar-refractivity contribution in [2.24, 2.45) is 15.0 Å². The minimum absolute atomic E-state index is 0.00192. The standard InChI is InChI=1S/C24H16F6N4/c1-34-21(15-7-3-2-4-8-15)33-20(31-18-11-5-9-16(13-18)23(25,26)27)22(34)32-19-12-6-10-17(14-19)24(28,29)30/h2-14H,1H3. The average Bonchev–Trinajstić information content (AvgIpc) is 3.09. The van der Waals surface area contributed by atoms with Crippen LogP contribution in [-0.4, -0.2) is 29.5 Å². The number of amidine groups is 3. The molecule has 34 heavy (non-hydrogen) atoms. The molecule has 0 fully saturated rings. The Labute approximate surface area is 190 Å². The molecule has 0 unspecified atom stereocenters. The van der Waals surface area contributed by atoms with Crippen molar-refractivity contribution >= 4 is 28.9 Å². The molecule has 1 heterocycles. The quantitative estimate of drug-likeness (QED) is 0.382. The van der Waals surface area contributed by atoms with E-state index in [0.717, 1.165) is 24.3 Å². The van der Waals surface area contributed by atoms with Crippen molar-refractivity contribution in [3.05, 3.63) is 95.6 Å². The maximum atomic E-state index is 13.1. The summed E-state index contributed by atoms with van der Waals surface area (Å²) in [4.78, 5) is 14.5. The van der Waals surface area contributed by atoms with Gasteiger partial charge in [0.25, 0.3) is 0 Å². The first-order valence-corrected chi connectivity index (χ1v) is 9.92. The second kappa shape index (κ2) is 8.77. The molecule has 10 heteroatoms. The molecule has 0 saturated carbocycles. The summed E-state index contributed by atoms with van der Waals surface area (Å²) in [5, 5.41) is 0. The molecule has 0 bridgehead atoms. The van der Waals surface area contributed by atoms with Gasteiger partial charge in [-0.25, -0.2) is 15.0 Å². The third-order valence-electron chi connectivity index (χ3n) is 4.90. The molecule has 0 atom stereocenters. The third-order valence-corrected chi connectivity index (χ3v) is 4.90. The summed E-state index contributed by atoms with van der Waals surface area (Å²) >= 11 is 0. The van der Waals surface area contributed by atoms with Crippen molar-refractivity contribution in [1.29, 1.82) is 0 Å². The Morgan fingerprint density at radius 3 is 1.74 bits per heavy atom. The van der Waals surface area contributed by atoms with E-state index in [4.69, 9.17) is 0 Å². The number of halogens is 6. The van der Waals surface area contributed by atoms with E-state index < -0.39 is 23.5 Å². The molecular formula is C24H16F6N4. The molecule has 174 valence electrons. The van der Waals surface area contributed by atoms with Gasteiger partial charge in [0.1, 0.15) is 5.84 Å². The van der Waals surface area contributed by atoms with E-state index >= 15 is 0 Å². The van der Waals surface area contributed by atoms with Crippen molar-refractivity contribution in [3.63, 3.8) is 0 Å². The van der Waals surface area contributed by atoms with Gasteiger partial charge < -0.3 is 4.90 Å². The molecule has 1 aliphatic heterocycles. The van der Waals surface area contributed by atoms with Gasteiger partial charge in [0.2, 0.25) is 0 Å². The normalized spacial score (nSPS) is 16.9. The van der Waals surface area contributed by atoms with Crippen LogP contribution in [0.1, 0.15) is 16.7 Å². The summed E-state index contributed by atoms with van der Waals surface area (Å²) in [6.45, 7) is 0. The first-order valence-electron chi connectivity index (χ1n) is 9.92. The summed E-state index contributed by atoms with van der Waals surface area (Å²) < 4.78 is 78.8. The fraction of sp³-hybridized carbons (Fsp3) is 0.125. The lowest BCUT2D eigenvalue weighted by Crippen LogP contribution is -2.30. The van der Waals surface area contributed by atoms with Crippen LogP contribution in [0.25, 0.3) is 0 Å². The van der Waals surface area contributed by atoms with Crippen LogP contribution in [0.2, 0.25) is 0 Å². The maximum absolute atomic E-state index is 13.1. The smallest absolute Gasteiger partial charge is 0.310 e. The summed E-state index contributed by atoms with van der Waals surface area (Å²) in [6.07, 6.45) is -9.12. The van der Waals surface area contributed by atoms with Gasteiger partial charge >= 0.3 is 12.4 Å². The minimum Gasteiger partial charge on any atom is -0.310 e. The zero-order valence-electron chi connectivity index (χ0n) is 17.6. The molecule has 0 radical (unpaired) electrons. The highest BCUT2D eigenvalue weighted by Gasteiger charge is 2.32. The minimum atomic E-state index is -4.56. The number of nitrogens with zero attached hydrogens (tertiary/aromatic N) is 4. The fourth-order valence-corrected chi connectivity index (χ4v) is 3.27. The van der Waals surface area contributed by atoms with E-state index in [-0.39, 0.29) is 23.0 Å². The summed E-state index contributed by atoms with van der Waals surface area (Å²) in [5.74, 6) is 0.464. The van der Waals surface area contributed by atoms with E-state index in [1.165, 1.54) is 29.2 Å². The molecule has 0 spiro atoms. The SMILES string of the molecule is CN1C(=Nc2cccc(C(F)(F)F)c2)C(=Nc2cccc(C(F)(F)F)c2)N=C1c1ccccc1. The van der Waals surface area contributed by atoms with Crippen LogP contribution >= 0.6 is 0 Å². The van der Waals surface area contributed by atoms with Gasteiger partial charge in [0.05, 0.1) is 22.5 Å². The summed E-state index contributed by atoms with van der Waals surface area (Å²) in [6, 6.07) is 17.7. The van der Waals surface area contributed by atoms with Gasteiger partial charge in [0.15, 0.2) is 11.7 Å². The number of likely N-dealkylation sites (N-methyl/N-ethyl adjacent to an activating group) is 1. The van der Waals surface area contributed by atoms with Gasteiger partial charge in [-0.15, -0.1) is 0 Å². The van der Waals surface area contributed by atoms with Crippen molar-refractivity contribution in [2.45, 2.75) is 12.4 Å². The van der Waals surface area contributed by atoms with Crippen LogP contribution in [0.3, 0.4) is 0 Å². The van der Waals surface area contributed by atoms with Crippen LogP contribution in [0.5, 0.6) is 0 Å². The number of aliphatic imine (C=N–C) groups is 3. The molecule has 0 aliphatic carbocycles. The summed E-state index contributed by atoms with van der Waals surface area (Å²) in [5.41, 5.74) is -1.11. The van der Waals surface area contributed by atoms with Crippen LogP contribution in [0.4, 0.5) is 37.7 Å². The Hall–Kier alpha value is -3.95. The number of hydrogen-bond acceptors (Lipinski definition) is 2. The van der Waals surface area contributed by atoms with Gasteiger partial charge in [-0.3, -0.25) is 0 Å². The largest absolute Gasteiger partial charge is 0.416 e. The number of benzene rings is 3. The van der Waals surface area contributed by atoms with E-state index in [2.05, 4.69) is 15.0 Å². The van der Waals surface area contributed by atoms with Gasteiger partial charge in [0, 0.05) is 12.6 Å². The van der Waals surface area contributed by atoms with Gasteiger partial charge in [-0.1, -0.05) is 42.5 Å². The first kappa shape index (κ1) is 23.2. The van der Waals surface area contributed by atoms with Crippen molar-refractivity contribution in [3.8, 4) is 0 Å². The van der Waals surface area contributed by atoms with Gasteiger partial charge in [-0.2, -0.15) is 26.3 Å². The number of rotatable bonds is 3. The molecule has 3 aromatic carbocycles. The molecule has 3 aromatic rings. The predicted octanol–water partition coefficient (Wildman–Crippen LogP) is 6.88. The molecule has 0 saturated heterocycles. The Morgan fingerprint density at radius 2 is 1.21 bits per heavy atom. The molecule has 0 amide bonds. The predicted molar refractivity (Wildman–Crippen MR) is 118 cm³/mol. The fourth-order valence-electron chi connectivity index (χ4n) is 3.27. The van der Waals surface area contributed by atoms with Crippen LogP contribution in [-0.2, 0) is 12.4 Å². The molecular weight excluding hydrogens is 458 g/mol. The topological polar surface area (TPSA) is 40.3 Å². The van der Waals surface area contributed by atoms with Gasteiger partial charge in [-0.05, 0) is 36.4 Å². The van der Waals surface area contributed by atoms with E-state index in [1.807, 2.05) is 0 Å². The molecule has 0 N–H and O–H groups in total. The molecule has 4 rings (SSSR count). The third kappa shape index (κ3) is 5.00. The lowest BCUT2D eigenvalue weighted by Gasteiger charge is -2.15. The maximum Gasteiger partial charge on any atom is 0.416 e. The van der Waals surface area contributed by atoms with Crippen LogP contribution < -0.4 is 0 Å². The second-order valence-corrected chi connectivity index (χ2v) is 7.33. The number of alkyl halides is 6. The highest BCUT2D eigenvalue weighted by Crippen LogP contribution is 2.33. The Morgan fingerprint density at radius 1 is 0.676 bits per heavy atom. The second-order valence-electron chi connectivity index (χ2n) is 7.33.